The molecule has 1 aromatic carbocycles. The minimum Gasteiger partial charge on any atom is -0.493 e. The number of rotatable bonds is 5. The SMILES string of the molecule is CCC1CC(=O)NN=C1c1ccc(OC)c(OC(F)F)c1. The van der Waals surface area contributed by atoms with Crippen molar-refractivity contribution >= 4 is 11.6 Å². The molecule has 1 aromatic rings. The van der Waals surface area contributed by atoms with Crippen LogP contribution in [0.15, 0.2) is 23.3 Å². The number of hydrogen-bond acceptors (Lipinski definition) is 4. The van der Waals surface area contributed by atoms with Gasteiger partial charge in [0.05, 0.1) is 12.8 Å². The summed E-state index contributed by atoms with van der Waals surface area (Å²) in [7, 11) is 1.38. The minimum absolute atomic E-state index is 0.0495. The van der Waals surface area contributed by atoms with Crippen molar-refractivity contribution in [2.24, 2.45) is 11.0 Å². The normalized spacial score (nSPS) is 18.2. The monoisotopic (exact) mass is 298 g/mol. The first kappa shape index (κ1) is 15.2. The van der Waals surface area contributed by atoms with Gasteiger partial charge >= 0.3 is 6.61 Å². The van der Waals surface area contributed by atoms with Gasteiger partial charge in [0.15, 0.2) is 11.5 Å². The van der Waals surface area contributed by atoms with Crippen molar-refractivity contribution in [3.8, 4) is 11.5 Å². The van der Waals surface area contributed by atoms with Crippen LogP contribution in [0.4, 0.5) is 8.78 Å². The first-order valence-corrected chi connectivity index (χ1v) is 6.54. The molecule has 0 bridgehead atoms. The number of carbonyl (C=O) groups excluding carboxylic acids is 1. The smallest absolute Gasteiger partial charge is 0.387 e. The predicted octanol–water partition coefficient (Wildman–Crippen LogP) is 2.55. The quantitative estimate of drug-likeness (QED) is 0.908. The lowest BCUT2D eigenvalue weighted by atomic mass is 9.90. The summed E-state index contributed by atoms with van der Waals surface area (Å²) in [5.41, 5.74) is 3.69. The maximum atomic E-state index is 12.4. The summed E-state index contributed by atoms with van der Waals surface area (Å²) in [6, 6.07) is 4.69. The Balaban J connectivity index is 2.37. The average molecular weight is 298 g/mol. The molecule has 7 heteroatoms. The number of nitrogens with one attached hydrogen (secondary N) is 1. The first-order valence-electron chi connectivity index (χ1n) is 6.54. The van der Waals surface area contributed by atoms with E-state index in [0.29, 0.717) is 17.7 Å². The van der Waals surface area contributed by atoms with Crippen LogP contribution in [0, 0.1) is 5.92 Å². The molecule has 1 aliphatic rings. The van der Waals surface area contributed by atoms with E-state index in [1.54, 1.807) is 12.1 Å². The van der Waals surface area contributed by atoms with Crippen molar-refractivity contribution in [3.63, 3.8) is 0 Å². The van der Waals surface area contributed by atoms with Crippen LogP contribution in [-0.4, -0.2) is 25.3 Å². The molecule has 0 aromatic heterocycles. The van der Waals surface area contributed by atoms with E-state index >= 15 is 0 Å². The zero-order valence-corrected chi connectivity index (χ0v) is 11.7. The van der Waals surface area contributed by atoms with E-state index in [1.807, 2.05) is 6.92 Å². The number of carbonyl (C=O) groups is 1. The van der Waals surface area contributed by atoms with E-state index in [-0.39, 0.29) is 23.3 Å². The number of methoxy groups -OCH3 is 1. The Labute approximate surface area is 120 Å². The van der Waals surface area contributed by atoms with Crippen LogP contribution < -0.4 is 14.9 Å². The summed E-state index contributed by atoms with van der Waals surface area (Å²) < 4.78 is 34.3. The molecule has 0 radical (unpaired) electrons. The number of ether oxygens (including phenoxy) is 2. The zero-order valence-electron chi connectivity index (χ0n) is 11.7. The third-order valence-corrected chi connectivity index (χ3v) is 3.29. The molecule has 1 heterocycles. The van der Waals surface area contributed by atoms with Crippen LogP contribution in [0.2, 0.25) is 0 Å². The van der Waals surface area contributed by atoms with E-state index < -0.39 is 6.61 Å². The topological polar surface area (TPSA) is 59.9 Å². The van der Waals surface area contributed by atoms with Crippen molar-refractivity contribution in [2.45, 2.75) is 26.4 Å². The van der Waals surface area contributed by atoms with E-state index in [4.69, 9.17) is 4.74 Å². The number of halogens is 2. The van der Waals surface area contributed by atoms with Gasteiger partial charge < -0.3 is 9.47 Å². The van der Waals surface area contributed by atoms with Gasteiger partial charge in [-0.1, -0.05) is 6.92 Å². The maximum Gasteiger partial charge on any atom is 0.387 e. The molecule has 1 aliphatic heterocycles. The number of hydrazone groups is 1. The van der Waals surface area contributed by atoms with E-state index in [9.17, 15) is 13.6 Å². The molecule has 0 aliphatic carbocycles. The molecule has 0 spiro atoms. The molecule has 1 amide bonds. The summed E-state index contributed by atoms with van der Waals surface area (Å²) in [5, 5.41) is 4.04. The molecule has 0 fully saturated rings. The Kier molecular flexibility index (Phi) is 4.72. The van der Waals surface area contributed by atoms with Gasteiger partial charge in [-0.3, -0.25) is 4.79 Å². The summed E-state index contributed by atoms with van der Waals surface area (Å²) in [6.07, 6.45) is 1.05. The maximum absolute atomic E-state index is 12.4. The van der Waals surface area contributed by atoms with E-state index in [1.165, 1.54) is 13.2 Å². The number of amides is 1. The van der Waals surface area contributed by atoms with Gasteiger partial charge in [0.25, 0.3) is 0 Å². The van der Waals surface area contributed by atoms with Crippen molar-refractivity contribution in [1.29, 1.82) is 0 Å². The van der Waals surface area contributed by atoms with Crippen molar-refractivity contribution in [3.05, 3.63) is 23.8 Å². The number of alkyl halides is 2. The number of nitrogens with zero attached hydrogens (tertiary/aromatic N) is 1. The predicted molar refractivity (Wildman–Crippen MR) is 72.7 cm³/mol. The molecule has 0 saturated heterocycles. The molecule has 5 nitrogen and oxygen atoms in total. The van der Waals surface area contributed by atoms with Gasteiger partial charge in [0, 0.05) is 17.9 Å². The molecule has 1 atom stereocenters. The van der Waals surface area contributed by atoms with Crippen LogP contribution in [-0.2, 0) is 4.79 Å². The molecular weight excluding hydrogens is 282 g/mol. The Bertz CT molecular complexity index is 561. The molecule has 1 unspecified atom stereocenters. The number of benzene rings is 1. The van der Waals surface area contributed by atoms with Gasteiger partial charge in [0.1, 0.15) is 0 Å². The number of hydrogen-bond donors (Lipinski definition) is 1. The van der Waals surface area contributed by atoms with Gasteiger partial charge in [-0.05, 0) is 24.6 Å². The third kappa shape index (κ3) is 3.48. The summed E-state index contributed by atoms with van der Waals surface area (Å²) in [4.78, 5) is 11.4. The Morgan fingerprint density at radius 3 is 2.81 bits per heavy atom. The molecule has 21 heavy (non-hydrogen) atoms. The molecule has 1 N–H and O–H groups in total. The highest BCUT2D eigenvalue weighted by Gasteiger charge is 2.25. The van der Waals surface area contributed by atoms with Gasteiger partial charge in [-0.2, -0.15) is 13.9 Å². The fourth-order valence-corrected chi connectivity index (χ4v) is 2.24. The van der Waals surface area contributed by atoms with Crippen LogP contribution in [0.5, 0.6) is 11.5 Å². The summed E-state index contributed by atoms with van der Waals surface area (Å²) >= 11 is 0. The summed E-state index contributed by atoms with van der Waals surface area (Å²) in [5.74, 6) is -0.0401. The van der Waals surface area contributed by atoms with Crippen LogP contribution >= 0.6 is 0 Å². The molecule has 0 saturated carbocycles. The fraction of sp³-hybridized carbons (Fsp3) is 0.429. The van der Waals surface area contributed by atoms with Crippen LogP contribution in [0.1, 0.15) is 25.3 Å². The second-order valence-electron chi connectivity index (χ2n) is 4.59. The lowest BCUT2D eigenvalue weighted by Gasteiger charge is -2.22. The van der Waals surface area contributed by atoms with Crippen LogP contribution in [0.25, 0.3) is 0 Å². The van der Waals surface area contributed by atoms with E-state index in [0.717, 1.165) is 6.42 Å². The largest absolute Gasteiger partial charge is 0.493 e. The molecule has 114 valence electrons. The van der Waals surface area contributed by atoms with Gasteiger partial charge in [-0.25, -0.2) is 5.43 Å². The second kappa shape index (κ2) is 6.51. The average Bonchev–Trinajstić information content (AvgIpc) is 2.46. The third-order valence-electron chi connectivity index (χ3n) is 3.29. The molecule has 2 rings (SSSR count). The Morgan fingerprint density at radius 1 is 1.43 bits per heavy atom. The van der Waals surface area contributed by atoms with Crippen molar-refractivity contribution < 1.29 is 23.0 Å². The van der Waals surface area contributed by atoms with Gasteiger partial charge in [0.2, 0.25) is 5.91 Å². The Hall–Kier alpha value is -2.18. The standard InChI is InChI=1S/C14H16F2N2O3/c1-3-8-7-12(19)17-18-13(8)9-4-5-10(20-2)11(6-9)21-14(15)16/h4-6,8,14H,3,7H2,1-2H3,(H,17,19). The highest BCUT2D eigenvalue weighted by molar-refractivity contribution is 6.06. The first-order chi connectivity index (χ1) is 10.0. The van der Waals surface area contributed by atoms with Gasteiger partial charge in [-0.15, -0.1) is 0 Å². The van der Waals surface area contributed by atoms with Crippen molar-refractivity contribution in [1.82, 2.24) is 5.43 Å². The lowest BCUT2D eigenvalue weighted by Crippen LogP contribution is -2.33. The second-order valence-corrected chi connectivity index (χ2v) is 4.59. The Morgan fingerprint density at radius 2 is 2.19 bits per heavy atom. The van der Waals surface area contributed by atoms with E-state index in [2.05, 4.69) is 15.3 Å². The minimum atomic E-state index is -2.94. The summed E-state index contributed by atoms with van der Waals surface area (Å²) in [6.45, 7) is -0.997. The van der Waals surface area contributed by atoms with Crippen molar-refractivity contribution in [2.75, 3.05) is 7.11 Å². The highest BCUT2D eigenvalue weighted by Crippen LogP contribution is 2.31. The highest BCUT2D eigenvalue weighted by atomic mass is 19.3. The zero-order chi connectivity index (χ0) is 15.4. The van der Waals surface area contributed by atoms with Crippen LogP contribution in [0.3, 0.4) is 0 Å². The fourth-order valence-electron chi connectivity index (χ4n) is 2.24. The lowest BCUT2D eigenvalue weighted by molar-refractivity contribution is -0.122. The molecular formula is C14H16F2N2O3.